The van der Waals surface area contributed by atoms with Crippen LogP contribution in [0.5, 0.6) is 17.2 Å². The molecular weight excluding hydrogens is 322 g/mol. The van der Waals surface area contributed by atoms with Gasteiger partial charge < -0.3 is 19.0 Å². The van der Waals surface area contributed by atoms with Gasteiger partial charge in [-0.2, -0.15) is 0 Å². The number of Topliss-reactive ketones (excluding diaryl/α,β-unsaturated/α-hetero) is 1. The molecule has 6 nitrogen and oxygen atoms in total. The average molecular weight is 343 g/mol. The van der Waals surface area contributed by atoms with Gasteiger partial charge >= 0.3 is 0 Å². The molecule has 0 atom stereocenters. The van der Waals surface area contributed by atoms with Crippen molar-refractivity contribution in [3.8, 4) is 17.2 Å². The van der Waals surface area contributed by atoms with E-state index in [0.717, 1.165) is 11.1 Å². The van der Waals surface area contributed by atoms with E-state index in [1.165, 1.54) is 6.92 Å². The Hall–Kier alpha value is -3.02. The number of oxime groups is 1. The molecule has 0 saturated carbocycles. The van der Waals surface area contributed by atoms with Crippen molar-refractivity contribution >= 4 is 12.0 Å². The lowest BCUT2D eigenvalue weighted by molar-refractivity contribution is 0.101. The number of hydrogen-bond donors (Lipinski definition) is 0. The van der Waals surface area contributed by atoms with Gasteiger partial charge in [-0.3, -0.25) is 4.79 Å². The molecule has 0 aliphatic rings. The molecule has 0 saturated heterocycles. The minimum atomic E-state index is -0.0160. The van der Waals surface area contributed by atoms with Crippen molar-refractivity contribution in [3.63, 3.8) is 0 Å². The molecule has 0 N–H and O–H groups in total. The first-order chi connectivity index (χ1) is 12.1. The Morgan fingerprint density at radius 1 is 0.960 bits per heavy atom. The summed E-state index contributed by atoms with van der Waals surface area (Å²) in [6.07, 6.45) is 1.57. The highest BCUT2D eigenvalue weighted by Crippen LogP contribution is 2.27. The number of rotatable bonds is 8. The van der Waals surface area contributed by atoms with E-state index >= 15 is 0 Å². The Labute approximate surface area is 147 Å². The number of carbonyl (C=O) groups is 1. The monoisotopic (exact) mass is 343 g/mol. The topological polar surface area (TPSA) is 66.4 Å². The molecule has 2 aromatic rings. The van der Waals surface area contributed by atoms with Crippen molar-refractivity contribution in [2.45, 2.75) is 13.5 Å². The molecule has 25 heavy (non-hydrogen) atoms. The van der Waals surface area contributed by atoms with Crippen LogP contribution in [0.1, 0.15) is 28.4 Å². The zero-order chi connectivity index (χ0) is 18.2. The molecule has 0 aliphatic carbocycles. The smallest absolute Gasteiger partial charge is 0.161 e. The summed E-state index contributed by atoms with van der Waals surface area (Å²) in [6.45, 7) is 1.70. The molecule has 0 aliphatic heterocycles. The third-order valence-corrected chi connectivity index (χ3v) is 3.59. The van der Waals surface area contributed by atoms with Crippen LogP contribution in [0.15, 0.2) is 41.6 Å². The van der Waals surface area contributed by atoms with Crippen molar-refractivity contribution in [1.29, 1.82) is 0 Å². The molecule has 132 valence electrons. The minimum absolute atomic E-state index is 0.0160. The summed E-state index contributed by atoms with van der Waals surface area (Å²) in [7, 11) is 4.72. The van der Waals surface area contributed by atoms with Crippen molar-refractivity contribution in [3.05, 3.63) is 53.1 Å². The molecular formula is C19H21NO5. The number of ketones is 1. The standard InChI is InChI=1S/C19H21NO5/c1-13(21)15-6-8-17(22-2)16(10-15)12-25-20-11-14-5-7-18(23-3)19(9-14)24-4/h5-11H,12H2,1-4H3/b20-11-. The molecule has 6 heteroatoms. The molecule has 0 fully saturated rings. The van der Waals surface area contributed by atoms with Crippen LogP contribution in [-0.2, 0) is 11.4 Å². The molecule has 0 amide bonds. The van der Waals surface area contributed by atoms with Gasteiger partial charge in [0.15, 0.2) is 17.3 Å². The minimum Gasteiger partial charge on any atom is -0.496 e. The maximum Gasteiger partial charge on any atom is 0.161 e. The normalized spacial score (nSPS) is 10.6. The van der Waals surface area contributed by atoms with E-state index in [-0.39, 0.29) is 12.4 Å². The number of hydrogen-bond acceptors (Lipinski definition) is 6. The summed E-state index contributed by atoms with van der Waals surface area (Å²) in [6, 6.07) is 10.6. The third-order valence-electron chi connectivity index (χ3n) is 3.59. The second-order valence-electron chi connectivity index (χ2n) is 5.21. The molecule has 0 bridgehead atoms. The lowest BCUT2D eigenvalue weighted by Crippen LogP contribution is -1.99. The number of methoxy groups -OCH3 is 3. The van der Waals surface area contributed by atoms with Crippen LogP contribution >= 0.6 is 0 Å². The van der Waals surface area contributed by atoms with E-state index in [1.54, 1.807) is 57.9 Å². The van der Waals surface area contributed by atoms with Gasteiger partial charge in [0.05, 0.1) is 27.5 Å². The van der Waals surface area contributed by atoms with Gasteiger partial charge in [-0.1, -0.05) is 5.16 Å². The predicted octanol–water partition coefficient (Wildman–Crippen LogP) is 3.47. The molecule has 0 heterocycles. The van der Waals surface area contributed by atoms with Gasteiger partial charge in [0.25, 0.3) is 0 Å². The van der Waals surface area contributed by atoms with E-state index in [0.29, 0.717) is 22.8 Å². The number of nitrogens with zero attached hydrogens (tertiary/aromatic N) is 1. The van der Waals surface area contributed by atoms with Gasteiger partial charge in [0, 0.05) is 16.7 Å². The summed E-state index contributed by atoms with van der Waals surface area (Å²) < 4.78 is 15.7. The second-order valence-corrected chi connectivity index (χ2v) is 5.21. The van der Waals surface area contributed by atoms with Gasteiger partial charge in [-0.05, 0) is 43.3 Å². The lowest BCUT2D eigenvalue weighted by Gasteiger charge is -2.09. The fraction of sp³-hybridized carbons (Fsp3) is 0.263. The third kappa shape index (κ3) is 4.73. The first-order valence-corrected chi connectivity index (χ1v) is 7.64. The van der Waals surface area contributed by atoms with Crippen molar-refractivity contribution in [2.75, 3.05) is 21.3 Å². The predicted molar refractivity (Wildman–Crippen MR) is 94.9 cm³/mol. The SMILES string of the molecule is COc1ccc(C(C)=O)cc1CO/N=C\c1ccc(OC)c(OC)c1. The van der Waals surface area contributed by atoms with E-state index < -0.39 is 0 Å². The van der Waals surface area contributed by atoms with E-state index in [1.807, 2.05) is 6.07 Å². The lowest BCUT2D eigenvalue weighted by atomic mass is 10.1. The summed E-state index contributed by atoms with van der Waals surface area (Å²) in [5, 5.41) is 3.96. The van der Waals surface area contributed by atoms with E-state index in [4.69, 9.17) is 19.0 Å². The zero-order valence-electron chi connectivity index (χ0n) is 14.7. The highest BCUT2D eigenvalue weighted by molar-refractivity contribution is 5.94. The fourth-order valence-electron chi connectivity index (χ4n) is 2.25. The first-order valence-electron chi connectivity index (χ1n) is 7.64. The van der Waals surface area contributed by atoms with Gasteiger partial charge in [0.1, 0.15) is 12.4 Å². The Kier molecular flexibility index (Phi) is 6.39. The van der Waals surface area contributed by atoms with E-state index in [9.17, 15) is 4.79 Å². The van der Waals surface area contributed by atoms with Gasteiger partial charge in [-0.15, -0.1) is 0 Å². The quantitative estimate of drug-likeness (QED) is 0.417. The van der Waals surface area contributed by atoms with Crippen LogP contribution in [0.3, 0.4) is 0 Å². The maximum absolute atomic E-state index is 11.5. The summed E-state index contributed by atoms with van der Waals surface area (Å²) in [5.74, 6) is 1.89. The van der Waals surface area contributed by atoms with Crippen LogP contribution in [0.4, 0.5) is 0 Å². The molecule has 0 spiro atoms. The summed E-state index contributed by atoms with van der Waals surface area (Å²) in [5.41, 5.74) is 2.16. The highest BCUT2D eigenvalue weighted by Gasteiger charge is 2.08. The van der Waals surface area contributed by atoms with Gasteiger partial charge in [-0.25, -0.2) is 0 Å². The Bertz CT molecular complexity index is 770. The zero-order valence-corrected chi connectivity index (χ0v) is 14.7. The van der Waals surface area contributed by atoms with Gasteiger partial charge in [0.2, 0.25) is 0 Å². The number of ether oxygens (including phenoxy) is 3. The molecule has 0 unspecified atom stereocenters. The van der Waals surface area contributed by atoms with Crippen molar-refractivity contribution in [2.24, 2.45) is 5.16 Å². The highest BCUT2D eigenvalue weighted by atomic mass is 16.6. The largest absolute Gasteiger partial charge is 0.496 e. The summed E-state index contributed by atoms with van der Waals surface area (Å²) >= 11 is 0. The second kappa shape index (κ2) is 8.73. The van der Waals surface area contributed by atoms with Crippen LogP contribution in [0, 0.1) is 0 Å². The number of carbonyl (C=O) groups excluding carboxylic acids is 1. The molecule has 0 aromatic heterocycles. The molecule has 0 radical (unpaired) electrons. The van der Waals surface area contributed by atoms with Crippen LogP contribution in [0.2, 0.25) is 0 Å². The Morgan fingerprint density at radius 3 is 2.28 bits per heavy atom. The molecule has 2 aromatic carbocycles. The molecule has 2 rings (SSSR count). The van der Waals surface area contributed by atoms with Crippen molar-refractivity contribution < 1.29 is 23.8 Å². The Balaban J connectivity index is 2.06. The average Bonchev–Trinajstić information content (AvgIpc) is 2.64. The Morgan fingerprint density at radius 2 is 1.64 bits per heavy atom. The van der Waals surface area contributed by atoms with Crippen LogP contribution in [0.25, 0.3) is 0 Å². The summed E-state index contributed by atoms with van der Waals surface area (Å²) in [4.78, 5) is 16.8. The first kappa shape index (κ1) is 18.3. The van der Waals surface area contributed by atoms with Crippen LogP contribution < -0.4 is 14.2 Å². The van der Waals surface area contributed by atoms with E-state index in [2.05, 4.69) is 5.16 Å². The number of benzene rings is 2. The van der Waals surface area contributed by atoms with Crippen molar-refractivity contribution in [1.82, 2.24) is 0 Å². The maximum atomic E-state index is 11.5. The van der Waals surface area contributed by atoms with Crippen LogP contribution in [-0.4, -0.2) is 33.3 Å². The fourth-order valence-corrected chi connectivity index (χ4v) is 2.25.